The molecule has 14 nitrogen and oxygen atoms in total. The van der Waals surface area contributed by atoms with E-state index in [0.717, 1.165) is 32.4 Å². The van der Waals surface area contributed by atoms with E-state index in [1.54, 1.807) is 23.0 Å². The molecule has 3 heterocycles. The number of likely N-dealkylation sites (tertiary alicyclic amines) is 1. The van der Waals surface area contributed by atoms with Crippen LogP contribution in [-0.4, -0.2) is 83.1 Å². The van der Waals surface area contributed by atoms with Gasteiger partial charge in [0.15, 0.2) is 22.8 Å². The van der Waals surface area contributed by atoms with Gasteiger partial charge in [-0.25, -0.2) is 19.7 Å². The molecule has 1 unspecified atom stereocenters. The van der Waals surface area contributed by atoms with Crippen molar-refractivity contribution in [3.8, 4) is 0 Å². The lowest BCUT2D eigenvalue weighted by atomic mass is 10.1. The summed E-state index contributed by atoms with van der Waals surface area (Å²) >= 11 is 0. The van der Waals surface area contributed by atoms with Crippen molar-refractivity contribution < 1.29 is 34.4 Å². The van der Waals surface area contributed by atoms with E-state index in [2.05, 4.69) is 39.4 Å². The first-order valence-electron chi connectivity index (χ1n) is 14.7. The van der Waals surface area contributed by atoms with Crippen LogP contribution in [0.15, 0.2) is 43.0 Å². The van der Waals surface area contributed by atoms with Crippen LogP contribution in [0.5, 0.6) is 0 Å². The molecule has 1 aromatic carbocycles. The second kappa shape index (κ2) is 20.7. The second-order valence-electron chi connectivity index (χ2n) is 10.3. The number of carbonyl (C=O) groups excluding carboxylic acids is 2. The summed E-state index contributed by atoms with van der Waals surface area (Å²) in [6.07, 6.45) is 8.38. The average Bonchev–Trinajstić information content (AvgIpc) is 3.65. The lowest BCUT2D eigenvalue weighted by molar-refractivity contribution is -0.131. The van der Waals surface area contributed by atoms with Crippen LogP contribution in [0.2, 0.25) is 0 Å². The molecule has 3 aromatic rings. The lowest BCUT2D eigenvalue weighted by Gasteiger charge is -2.19. The van der Waals surface area contributed by atoms with Crippen LogP contribution in [0.1, 0.15) is 73.1 Å². The Kier molecular flexibility index (Phi) is 17.8. The molecule has 3 amide bonds. The molecule has 1 fully saturated rings. The quantitative estimate of drug-likeness (QED) is 0.169. The molecule has 0 aliphatic carbocycles. The SMILES string of the molecule is CC(C)(O)O.CCC.CCC(CCC(=O)N1CCCC1)OCn1cnc2c(NC(=O)Nc3ccccc3)ncnc21.O=CO. The molecule has 0 bridgehead atoms. The number of benzene rings is 1. The molecular formula is C30H47N7O7. The van der Waals surface area contributed by atoms with E-state index in [1.165, 1.54) is 26.6 Å². The molecule has 2 aromatic heterocycles. The number of hydrogen-bond acceptors (Lipinski definition) is 9. The van der Waals surface area contributed by atoms with E-state index in [-0.39, 0.29) is 25.2 Å². The summed E-state index contributed by atoms with van der Waals surface area (Å²) in [4.78, 5) is 47.8. The Bertz CT molecular complexity index is 1240. The zero-order chi connectivity index (χ0) is 33.0. The maximum Gasteiger partial charge on any atom is 0.324 e. The minimum atomic E-state index is -1.50. The molecule has 0 spiro atoms. The van der Waals surface area contributed by atoms with Crippen LogP contribution in [0.25, 0.3) is 11.2 Å². The number of para-hydroxylation sites is 1. The van der Waals surface area contributed by atoms with E-state index >= 15 is 0 Å². The van der Waals surface area contributed by atoms with Crippen LogP contribution in [0.3, 0.4) is 0 Å². The van der Waals surface area contributed by atoms with Gasteiger partial charge in [-0.3, -0.25) is 19.5 Å². The minimum absolute atomic E-state index is 0.0370. The number of urea groups is 1. The van der Waals surface area contributed by atoms with Gasteiger partial charge in [-0.2, -0.15) is 0 Å². The van der Waals surface area contributed by atoms with E-state index in [1.807, 2.05) is 30.0 Å². The molecular weight excluding hydrogens is 570 g/mol. The number of imidazole rings is 1. The van der Waals surface area contributed by atoms with Gasteiger partial charge in [-0.05, 0) is 51.7 Å². The average molecular weight is 618 g/mol. The fraction of sp³-hybridized carbons (Fsp3) is 0.533. The highest BCUT2D eigenvalue weighted by Gasteiger charge is 2.20. The Morgan fingerprint density at radius 3 is 2.20 bits per heavy atom. The van der Waals surface area contributed by atoms with Gasteiger partial charge in [0.2, 0.25) is 5.91 Å². The summed E-state index contributed by atoms with van der Waals surface area (Å²) in [5, 5.41) is 28.5. The Morgan fingerprint density at radius 2 is 1.64 bits per heavy atom. The molecule has 1 saturated heterocycles. The largest absolute Gasteiger partial charge is 0.483 e. The number of amides is 3. The Morgan fingerprint density at radius 1 is 1.05 bits per heavy atom. The third-order valence-electron chi connectivity index (χ3n) is 5.71. The van der Waals surface area contributed by atoms with Gasteiger partial charge in [0.05, 0.1) is 12.4 Å². The normalized spacial score (nSPS) is 12.8. The van der Waals surface area contributed by atoms with Gasteiger partial charge in [0, 0.05) is 25.2 Å². The van der Waals surface area contributed by atoms with E-state index in [4.69, 9.17) is 24.9 Å². The first kappa shape index (κ1) is 37.9. The van der Waals surface area contributed by atoms with Crippen molar-refractivity contribution in [2.75, 3.05) is 23.7 Å². The van der Waals surface area contributed by atoms with Crippen LogP contribution in [-0.2, 0) is 21.1 Å². The molecule has 1 aliphatic rings. The summed E-state index contributed by atoms with van der Waals surface area (Å²) in [6, 6.07) is 8.73. The summed E-state index contributed by atoms with van der Waals surface area (Å²) < 4.78 is 7.82. The summed E-state index contributed by atoms with van der Waals surface area (Å²) in [5.41, 5.74) is 1.71. The van der Waals surface area contributed by atoms with Gasteiger partial charge >= 0.3 is 6.03 Å². The molecule has 244 valence electrons. The van der Waals surface area contributed by atoms with Crippen LogP contribution in [0.4, 0.5) is 16.3 Å². The number of ether oxygens (including phenoxy) is 1. The maximum atomic E-state index is 12.3. The molecule has 1 aliphatic heterocycles. The van der Waals surface area contributed by atoms with Crippen LogP contribution in [0, 0.1) is 0 Å². The monoisotopic (exact) mass is 617 g/mol. The van der Waals surface area contributed by atoms with Crippen molar-refractivity contribution in [3.05, 3.63) is 43.0 Å². The molecule has 0 radical (unpaired) electrons. The number of carbonyl (C=O) groups is 3. The van der Waals surface area contributed by atoms with Crippen LogP contribution >= 0.6 is 0 Å². The van der Waals surface area contributed by atoms with Gasteiger partial charge in [-0.1, -0.05) is 45.4 Å². The van der Waals surface area contributed by atoms with Crippen LogP contribution < -0.4 is 10.6 Å². The Balaban J connectivity index is 0.000000764. The highest BCUT2D eigenvalue weighted by atomic mass is 16.5. The van der Waals surface area contributed by atoms with Crippen molar-refractivity contribution in [1.82, 2.24) is 24.4 Å². The van der Waals surface area contributed by atoms with Gasteiger partial charge in [0.25, 0.3) is 6.47 Å². The van der Waals surface area contributed by atoms with E-state index < -0.39 is 11.8 Å². The zero-order valence-corrected chi connectivity index (χ0v) is 26.3. The van der Waals surface area contributed by atoms with Crippen molar-refractivity contribution in [2.24, 2.45) is 0 Å². The molecule has 14 heteroatoms. The third-order valence-corrected chi connectivity index (χ3v) is 5.71. The smallest absolute Gasteiger partial charge is 0.324 e. The van der Waals surface area contributed by atoms with E-state index in [0.29, 0.717) is 35.5 Å². The number of rotatable bonds is 9. The topological polar surface area (TPSA) is 192 Å². The number of carboxylic acid groups (broad SMARTS) is 1. The summed E-state index contributed by atoms with van der Waals surface area (Å²) in [5.74, 6) is -0.977. The lowest BCUT2D eigenvalue weighted by Crippen LogP contribution is -2.28. The number of anilines is 2. The van der Waals surface area contributed by atoms with Crippen molar-refractivity contribution in [3.63, 3.8) is 0 Å². The Hall–Kier alpha value is -4.14. The zero-order valence-electron chi connectivity index (χ0n) is 26.3. The number of hydrogen-bond donors (Lipinski definition) is 5. The molecule has 0 saturated carbocycles. The summed E-state index contributed by atoms with van der Waals surface area (Å²) in [7, 11) is 0. The standard InChI is InChI=1S/C23H29N7O3.C3H8O2.C3H8.CH2O2/c1-2-18(10-11-19(31)29-12-6-7-13-29)33-16-30-15-26-20-21(24-14-25-22(20)30)28-23(32)27-17-8-4-3-5-9-17;1-3(2,4)5;1-3-2;2-1-3/h3-5,8-9,14-15,18H,2,6-7,10-13,16H2,1H3,(H2,24,25,27,28,32);4-5H,1-2H3;3H2,1-2H3;1H,(H,2,3). The fourth-order valence-corrected chi connectivity index (χ4v) is 3.86. The van der Waals surface area contributed by atoms with Gasteiger partial charge in [0.1, 0.15) is 13.1 Å². The first-order valence-corrected chi connectivity index (χ1v) is 14.7. The predicted octanol–water partition coefficient (Wildman–Crippen LogP) is 4.45. The van der Waals surface area contributed by atoms with Crippen molar-refractivity contribution in [1.29, 1.82) is 0 Å². The highest BCUT2D eigenvalue weighted by Crippen LogP contribution is 2.19. The number of fused-ring (bicyclic) bond motifs is 1. The number of nitrogens with one attached hydrogen (secondary N) is 2. The third kappa shape index (κ3) is 15.4. The van der Waals surface area contributed by atoms with Gasteiger partial charge < -0.3 is 30.3 Å². The summed E-state index contributed by atoms with van der Waals surface area (Å²) in [6.45, 7) is 10.6. The van der Waals surface area contributed by atoms with E-state index in [9.17, 15) is 9.59 Å². The molecule has 5 N–H and O–H groups in total. The minimum Gasteiger partial charge on any atom is -0.483 e. The number of aliphatic hydroxyl groups is 2. The molecule has 4 rings (SSSR count). The Labute approximate surface area is 258 Å². The van der Waals surface area contributed by atoms with Gasteiger partial charge in [-0.15, -0.1) is 0 Å². The number of aromatic nitrogens is 4. The fourth-order valence-electron chi connectivity index (χ4n) is 3.86. The maximum absolute atomic E-state index is 12.3. The number of nitrogens with zero attached hydrogens (tertiary/aromatic N) is 5. The van der Waals surface area contributed by atoms with Crippen molar-refractivity contribution in [2.45, 2.75) is 91.8 Å². The second-order valence-corrected chi connectivity index (χ2v) is 10.3. The van der Waals surface area contributed by atoms with Crippen molar-refractivity contribution >= 4 is 41.1 Å². The predicted molar refractivity (Wildman–Crippen MR) is 168 cm³/mol. The highest BCUT2D eigenvalue weighted by molar-refractivity contribution is 6.02. The first-order chi connectivity index (χ1) is 21.0. The molecule has 1 atom stereocenters. The molecule has 44 heavy (non-hydrogen) atoms.